The molecule has 0 radical (unpaired) electrons. The second kappa shape index (κ2) is 13.0. The van der Waals surface area contributed by atoms with Crippen molar-refractivity contribution in [2.24, 2.45) is 17.3 Å². The molecule has 2 aliphatic rings. The van der Waals surface area contributed by atoms with Crippen molar-refractivity contribution in [2.45, 2.75) is 92.3 Å². The third-order valence-corrected chi connectivity index (χ3v) is 8.91. The van der Waals surface area contributed by atoms with Crippen LogP contribution >= 0.6 is 0 Å². The summed E-state index contributed by atoms with van der Waals surface area (Å²) < 4.78 is 5.84. The minimum atomic E-state index is -0.732. The predicted molar refractivity (Wildman–Crippen MR) is 156 cm³/mol. The first-order valence-electron chi connectivity index (χ1n) is 14.4. The van der Waals surface area contributed by atoms with Crippen molar-refractivity contribution in [3.63, 3.8) is 0 Å². The molecule has 1 aliphatic carbocycles. The standard InChI is InChI=1S/C32H50N2O5/c1-10-24-14-25(13-19(2)22(24)5)23(6)30(38-9)21(4)16-34-29(26(17-35)28(18-36)39-34)31(37)33-27-11-12-32(7,8)15-20(27)3/h13-14,20,26-29,35-36H,6,10-12,15-18H2,1-5,7-9H3,(H,33,37)/b30-21-/t20?,26?,27-,28?,29?/m0/s1. The van der Waals surface area contributed by atoms with Crippen LogP contribution in [0.2, 0.25) is 0 Å². The zero-order valence-electron chi connectivity index (χ0n) is 25.3. The largest absolute Gasteiger partial charge is 0.496 e. The first-order chi connectivity index (χ1) is 18.4. The number of amides is 1. The molecule has 4 unspecified atom stereocenters. The maximum absolute atomic E-state index is 13.7. The Balaban J connectivity index is 1.86. The highest BCUT2D eigenvalue weighted by atomic mass is 16.7. The highest BCUT2D eigenvalue weighted by Gasteiger charge is 2.48. The normalized spacial score (nSPS) is 27.7. The van der Waals surface area contributed by atoms with Gasteiger partial charge in [0.1, 0.15) is 17.9 Å². The lowest BCUT2D eigenvalue weighted by molar-refractivity contribution is -0.172. The van der Waals surface area contributed by atoms with Crippen LogP contribution in [0, 0.1) is 31.1 Å². The summed E-state index contributed by atoms with van der Waals surface area (Å²) in [7, 11) is 1.62. The van der Waals surface area contributed by atoms with Crippen molar-refractivity contribution in [1.82, 2.24) is 10.4 Å². The van der Waals surface area contributed by atoms with E-state index in [4.69, 9.17) is 9.57 Å². The summed E-state index contributed by atoms with van der Waals surface area (Å²) >= 11 is 0. The van der Waals surface area contributed by atoms with E-state index in [1.807, 2.05) is 6.92 Å². The number of allylic oxidation sites excluding steroid dienone is 1. The number of aliphatic hydroxyl groups is 2. The topological polar surface area (TPSA) is 91.3 Å². The van der Waals surface area contributed by atoms with Gasteiger partial charge >= 0.3 is 0 Å². The molecule has 0 spiro atoms. The van der Waals surface area contributed by atoms with Gasteiger partial charge in [-0.1, -0.05) is 46.4 Å². The van der Waals surface area contributed by atoms with Crippen molar-refractivity contribution in [3.8, 4) is 0 Å². The van der Waals surface area contributed by atoms with Crippen LogP contribution in [0.5, 0.6) is 0 Å². The molecule has 5 atom stereocenters. The Labute approximate surface area is 235 Å². The molecule has 1 saturated carbocycles. The lowest BCUT2D eigenvalue weighted by Crippen LogP contribution is -2.53. The summed E-state index contributed by atoms with van der Waals surface area (Å²) in [4.78, 5) is 19.7. The number of carbonyl (C=O) groups is 1. The first kappa shape index (κ1) is 31.3. The van der Waals surface area contributed by atoms with Crippen LogP contribution in [-0.4, -0.2) is 66.2 Å². The number of nitrogens with one attached hydrogen (secondary N) is 1. The first-order valence-corrected chi connectivity index (χ1v) is 14.4. The molecule has 1 aromatic rings. The lowest BCUT2D eigenvalue weighted by Gasteiger charge is -2.40. The van der Waals surface area contributed by atoms with E-state index in [1.165, 1.54) is 16.7 Å². The number of hydrogen-bond acceptors (Lipinski definition) is 6. The fourth-order valence-corrected chi connectivity index (χ4v) is 6.48. The van der Waals surface area contributed by atoms with Gasteiger partial charge in [-0.05, 0) is 85.6 Å². The monoisotopic (exact) mass is 542 g/mol. The number of hydroxylamine groups is 2. The van der Waals surface area contributed by atoms with E-state index in [2.05, 4.69) is 65.6 Å². The smallest absolute Gasteiger partial charge is 0.240 e. The van der Waals surface area contributed by atoms with Crippen molar-refractivity contribution in [2.75, 3.05) is 26.9 Å². The molecule has 218 valence electrons. The Kier molecular flexibility index (Phi) is 10.4. The second-order valence-electron chi connectivity index (χ2n) is 12.4. The van der Waals surface area contributed by atoms with E-state index in [-0.39, 0.29) is 37.1 Å². The number of ether oxygens (including phenoxy) is 1. The van der Waals surface area contributed by atoms with Crippen LogP contribution in [0.25, 0.3) is 5.57 Å². The zero-order chi connectivity index (χ0) is 29.1. The summed E-state index contributed by atoms with van der Waals surface area (Å²) in [5, 5.41) is 25.1. The molecule has 1 aromatic carbocycles. The molecule has 7 nitrogen and oxygen atoms in total. The predicted octanol–water partition coefficient (Wildman–Crippen LogP) is 4.72. The van der Waals surface area contributed by atoms with Gasteiger partial charge in [-0.25, -0.2) is 0 Å². The SMILES string of the molecule is C=C(/C(OC)=C(\C)CN1OC(CO)C(CO)C1C(=O)N[C@H]1CCC(C)(C)CC1C)c1cc(C)c(C)c(CC)c1. The van der Waals surface area contributed by atoms with Crippen LogP contribution in [0.3, 0.4) is 0 Å². The summed E-state index contributed by atoms with van der Waals surface area (Å²) in [6.07, 6.45) is 3.28. The second-order valence-corrected chi connectivity index (χ2v) is 12.4. The summed E-state index contributed by atoms with van der Waals surface area (Å²) in [6, 6.07) is 3.63. The van der Waals surface area contributed by atoms with Crippen molar-refractivity contribution >= 4 is 11.5 Å². The van der Waals surface area contributed by atoms with Gasteiger partial charge in [0.15, 0.2) is 0 Å². The van der Waals surface area contributed by atoms with Crippen molar-refractivity contribution in [3.05, 3.63) is 52.3 Å². The van der Waals surface area contributed by atoms with Crippen LogP contribution in [-0.2, 0) is 20.8 Å². The van der Waals surface area contributed by atoms with Gasteiger partial charge in [0, 0.05) is 24.1 Å². The van der Waals surface area contributed by atoms with E-state index in [1.54, 1.807) is 12.2 Å². The average Bonchev–Trinajstić information content (AvgIpc) is 3.24. The minimum absolute atomic E-state index is 0.0726. The van der Waals surface area contributed by atoms with Gasteiger partial charge in [-0.2, -0.15) is 5.06 Å². The molecule has 3 N–H and O–H groups in total. The molecular formula is C32H50N2O5. The Morgan fingerprint density at radius 2 is 1.95 bits per heavy atom. The van der Waals surface area contributed by atoms with Crippen molar-refractivity contribution in [1.29, 1.82) is 0 Å². The molecule has 39 heavy (non-hydrogen) atoms. The highest BCUT2D eigenvalue weighted by Crippen LogP contribution is 2.39. The fourth-order valence-electron chi connectivity index (χ4n) is 6.48. The molecular weight excluding hydrogens is 492 g/mol. The number of aliphatic hydroxyl groups excluding tert-OH is 2. The van der Waals surface area contributed by atoms with Crippen LogP contribution in [0.15, 0.2) is 30.0 Å². The van der Waals surface area contributed by atoms with E-state index < -0.39 is 18.1 Å². The average molecular weight is 543 g/mol. The van der Waals surface area contributed by atoms with Crippen LogP contribution in [0.1, 0.15) is 76.1 Å². The van der Waals surface area contributed by atoms with Gasteiger partial charge in [0.2, 0.25) is 5.91 Å². The molecule has 3 rings (SSSR count). The Morgan fingerprint density at radius 3 is 2.51 bits per heavy atom. The van der Waals surface area contributed by atoms with Gasteiger partial charge in [-0.3, -0.25) is 9.63 Å². The third-order valence-electron chi connectivity index (χ3n) is 8.91. The van der Waals surface area contributed by atoms with Crippen LogP contribution < -0.4 is 5.32 Å². The van der Waals surface area contributed by atoms with Crippen molar-refractivity contribution < 1.29 is 24.6 Å². The number of rotatable bonds is 10. The fraction of sp³-hybridized carbons (Fsp3) is 0.656. The highest BCUT2D eigenvalue weighted by molar-refractivity contribution is 5.83. The molecule has 2 fully saturated rings. The van der Waals surface area contributed by atoms with E-state index in [0.29, 0.717) is 11.7 Å². The Morgan fingerprint density at radius 1 is 1.26 bits per heavy atom. The number of aryl methyl sites for hydroxylation is 2. The number of benzene rings is 1. The molecule has 0 bridgehead atoms. The van der Waals surface area contributed by atoms with Gasteiger partial charge in [0.05, 0.1) is 20.3 Å². The lowest BCUT2D eigenvalue weighted by atomic mass is 9.70. The molecule has 0 aromatic heterocycles. The molecule has 1 heterocycles. The van der Waals surface area contributed by atoms with E-state index in [9.17, 15) is 15.0 Å². The maximum Gasteiger partial charge on any atom is 0.240 e. The summed E-state index contributed by atoms with van der Waals surface area (Å²) in [6.45, 7) is 19.1. The van der Waals surface area contributed by atoms with Crippen LogP contribution in [0.4, 0.5) is 0 Å². The summed E-state index contributed by atoms with van der Waals surface area (Å²) in [5.41, 5.74) is 6.65. The molecule has 1 aliphatic heterocycles. The van der Waals surface area contributed by atoms with E-state index >= 15 is 0 Å². The third kappa shape index (κ3) is 6.94. The maximum atomic E-state index is 13.7. The van der Waals surface area contributed by atoms with Gasteiger partial charge < -0.3 is 20.3 Å². The number of nitrogens with zero attached hydrogens (tertiary/aromatic N) is 1. The molecule has 7 heteroatoms. The zero-order valence-corrected chi connectivity index (χ0v) is 25.3. The Hall–Kier alpha value is -2.19. The van der Waals surface area contributed by atoms with Gasteiger partial charge in [0.25, 0.3) is 0 Å². The quantitative estimate of drug-likeness (QED) is 0.293. The molecule has 1 saturated heterocycles. The molecule has 1 amide bonds. The summed E-state index contributed by atoms with van der Waals surface area (Å²) in [5.74, 6) is 0.276. The minimum Gasteiger partial charge on any atom is -0.496 e. The Bertz CT molecular complexity index is 1080. The van der Waals surface area contributed by atoms with Gasteiger partial charge in [-0.15, -0.1) is 0 Å². The number of hydrogen-bond donors (Lipinski definition) is 3. The number of methoxy groups -OCH3 is 1. The van der Waals surface area contributed by atoms with E-state index in [0.717, 1.165) is 42.4 Å². The number of carbonyl (C=O) groups excluding carboxylic acids is 1.